The molecule has 1 aliphatic rings. The van der Waals surface area contributed by atoms with Crippen LogP contribution in [-0.2, 0) is 0 Å². The van der Waals surface area contributed by atoms with Gasteiger partial charge in [0, 0.05) is 25.4 Å². The van der Waals surface area contributed by atoms with Crippen LogP contribution in [0.4, 0.5) is 10.5 Å². The van der Waals surface area contributed by atoms with Crippen molar-refractivity contribution in [1.29, 1.82) is 0 Å². The highest BCUT2D eigenvalue weighted by molar-refractivity contribution is 6.33. The van der Waals surface area contributed by atoms with Crippen molar-refractivity contribution in [1.82, 2.24) is 9.88 Å². The van der Waals surface area contributed by atoms with Gasteiger partial charge in [-0.15, -0.1) is 0 Å². The van der Waals surface area contributed by atoms with E-state index in [1.54, 1.807) is 29.4 Å². The highest BCUT2D eigenvalue weighted by atomic mass is 35.5. The number of urea groups is 1. The zero-order chi connectivity index (χ0) is 15.4. The van der Waals surface area contributed by atoms with Crippen LogP contribution in [0.5, 0.6) is 5.75 Å². The van der Waals surface area contributed by atoms with Gasteiger partial charge in [-0.25, -0.2) is 4.79 Å². The number of ether oxygens (including phenoxy) is 1. The van der Waals surface area contributed by atoms with E-state index in [2.05, 4.69) is 10.3 Å². The number of pyridine rings is 1. The molecular formula is C16H16ClN3O2. The molecule has 2 amide bonds. The van der Waals surface area contributed by atoms with E-state index in [0.29, 0.717) is 23.8 Å². The maximum absolute atomic E-state index is 12.3. The summed E-state index contributed by atoms with van der Waals surface area (Å²) >= 11 is 6.05. The Morgan fingerprint density at radius 2 is 2.05 bits per heavy atom. The molecule has 1 fully saturated rings. The van der Waals surface area contributed by atoms with Crippen LogP contribution < -0.4 is 10.1 Å². The number of aromatic nitrogens is 1. The monoisotopic (exact) mass is 317 g/mol. The number of halogens is 1. The second kappa shape index (κ2) is 6.66. The van der Waals surface area contributed by atoms with E-state index in [1.165, 1.54) is 0 Å². The lowest BCUT2D eigenvalue weighted by atomic mass is 10.3. The van der Waals surface area contributed by atoms with Gasteiger partial charge in [-0.3, -0.25) is 4.98 Å². The van der Waals surface area contributed by atoms with Crippen LogP contribution >= 0.6 is 11.6 Å². The SMILES string of the molecule is O=C(Nc1ccccc1Cl)N1CC[C@H](Oc2ccncc2)C1. The first-order valence-electron chi connectivity index (χ1n) is 7.09. The molecule has 6 heteroatoms. The van der Waals surface area contributed by atoms with Gasteiger partial charge < -0.3 is 15.0 Å². The molecule has 2 heterocycles. The van der Waals surface area contributed by atoms with Crippen molar-refractivity contribution < 1.29 is 9.53 Å². The van der Waals surface area contributed by atoms with Crippen molar-refractivity contribution in [2.24, 2.45) is 0 Å². The Labute approximate surface area is 133 Å². The number of hydrogen-bond acceptors (Lipinski definition) is 3. The van der Waals surface area contributed by atoms with E-state index in [1.807, 2.05) is 24.3 Å². The zero-order valence-electron chi connectivity index (χ0n) is 11.9. The minimum absolute atomic E-state index is 0.000560. The molecule has 0 saturated carbocycles. The third kappa shape index (κ3) is 3.49. The van der Waals surface area contributed by atoms with E-state index >= 15 is 0 Å². The summed E-state index contributed by atoms with van der Waals surface area (Å²) in [6.07, 6.45) is 4.18. The Morgan fingerprint density at radius 1 is 1.27 bits per heavy atom. The fraction of sp³-hybridized carbons (Fsp3) is 0.250. The molecule has 5 nitrogen and oxygen atoms in total. The van der Waals surface area contributed by atoms with Crippen molar-refractivity contribution >= 4 is 23.3 Å². The summed E-state index contributed by atoms with van der Waals surface area (Å²) in [5, 5.41) is 3.35. The van der Waals surface area contributed by atoms with Gasteiger partial charge in [0.25, 0.3) is 0 Å². The number of rotatable bonds is 3. The molecule has 0 radical (unpaired) electrons. The van der Waals surface area contributed by atoms with E-state index in [0.717, 1.165) is 12.2 Å². The summed E-state index contributed by atoms with van der Waals surface area (Å²) in [7, 11) is 0. The molecule has 2 aromatic rings. The van der Waals surface area contributed by atoms with Gasteiger partial charge in [0.2, 0.25) is 0 Å². The average molecular weight is 318 g/mol. The van der Waals surface area contributed by atoms with Crippen molar-refractivity contribution in [3.05, 3.63) is 53.8 Å². The van der Waals surface area contributed by atoms with E-state index in [-0.39, 0.29) is 12.1 Å². The number of nitrogens with zero attached hydrogens (tertiary/aromatic N) is 2. The molecule has 1 N–H and O–H groups in total. The summed E-state index contributed by atoms with van der Waals surface area (Å²) in [5.41, 5.74) is 0.618. The average Bonchev–Trinajstić information content (AvgIpc) is 2.99. The van der Waals surface area contributed by atoms with Crippen molar-refractivity contribution in [2.45, 2.75) is 12.5 Å². The van der Waals surface area contributed by atoms with Gasteiger partial charge in [-0.2, -0.15) is 0 Å². The molecule has 0 spiro atoms. The number of nitrogens with one attached hydrogen (secondary N) is 1. The maximum atomic E-state index is 12.3. The van der Waals surface area contributed by atoms with Crippen LogP contribution in [-0.4, -0.2) is 35.1 Å². The molecule has 114 valence electrons. The largest absolute Gasteiger partial charge is 0.488 e. The second-order valence-electron chi connectivity index (χ2n) is 5.07. The maximum Gasteiger partial charge on any atom is 0.322 e. The van der Waals surface area contributed by atoms with Crippen LogP contribution in [0.3, 0.4) is 0 Å². The highest BCUT2D eigenvalue weighted by Gasteiger charge is 2.27. The van der Waals surface area contributed by atoms with Gasteiger partial charge in [-0.05, 0) is 24.3 Å². The normalized spacial score (nSPS) is 17.3. The number of carbonyl (C=O) groups excluding carboxylic acids is 1. The first kappa shape index (κ1) is 14.7. The summed E-state index contributed by atoms with van der Waals surface area (Å²) in [5.74, 6) is 0.772. The lowest BCUT2D eigenvalue weighted by Crippen LogP contribution is -2.34. The van der Waals surface area contributed by atoms with Gasteiger partial charge in [-0.1, -0.05) is 23.7 Å². The zero-order valence-corrected chi connectivity index (χ0v) is 12.7. The number of para-hydroxylation sites is 1. The molecule has 1 aromatic carbocycles. The molecule has 1 aromatic heterocycles. The van der Waals surface area contributed by atoms with Crippen molar-refractivity contribution in [3.63, 3.8) is 0 Å². The molecule has 1 aliphatic heterocycles. The quantitative estimate of drug-likeness (QED) is 0.943. The number of likely N-dealkylation sites (tertiary alicyclic amines) is 1. The minimum atomic E-state index is -0.158. The fourth-order valence-electron chi connectivity index (χ4n) is 2.37. The van der Waals surface area contributed by atoms with Gasteiger partial charge in [0.15, 0.2) is 0 Å². The van der Waals surface area contributed by atoms with E-state index in [4.69, 9.17) is 16.3 Å². The van der Waals surface area contributed by atoms with Crippen LogP contribution in [0.1, 0.15) is 6.42 Å². The van der Waals surface area contributed by atoms with E-state index < -0.39 is 0 Å². The van der Waals surface area contributed by atoms with Crippen LogP contribution in [0, 0.1) is 0 Å². The number of benzene rings is 1. The fourth-order valence-corrected chi connectivity index (χ4v) is 2.56. The number of amides is 2. The Bertz CT molecular complexity index is 651. The Kier molecular flexibility index (Phi) is 4.44. The Balaban J connectivity index is 1.56. The van der Waals surface area contributed by atoms with Crippen molar-refractivity contribution in [2.75, 3.05) is 18.4 Å². The highest BCUT2D eigenvalue weighted by Crippen LogP contribution is 2.22. The molecule has 1 saturated heterocycles. The van der Waals surface area contributed by atoms with Crippen LogP contribution in [0.25, 0.3) is 0 Å². The predicted molar refractivity (Wildman–Crippen MR) is 85.3 cm³/mol. The standard InChI is InChI=1S/C16H16ClN3O2/c17-14-3-1-2-4-15(14)19-16(21)20-10-7-13(11-20)22-12-5-8-18-9-6-12/h1-6,8-9,13H,7,10-11H2,(H,19,21)/t13-/m0/s1. The Hall–Kier alpha value is -2.27. The molecule has 0 bridgehead atoms. The molecule has 3 rings (SSSR count). The third-order valence-corrected chi connectivity index (χ3v) is 3.83. The third-order valence-electron chi connectivity index (χ3n) is 3.50. The topological polar surface area (TPSA) is 54.5 Å². The van der Waals surface area contributed by atoms with Crippen LogP contribution in [0.2, 0.25) is 5.02 Å². The first-order chi connectivity index (χ1) is 10.7. The minimum Gasteiger partial charge on any atom is -0.488 e. The summed E-state index contributed by atoms with van der Waals surface area (Å²) < 4.78 is 5.84. The molecule has 0 unspecified atom stereocenters. The lowest BCUT2D eigenvalue weighted by molar-refractivity contribution is 0.194. The van der Waals surface area contributed by atoms with Gasteiger partial charge >= 0.3 is 6.03 Å². The predicted octanol–water partition coefficient (Wildman–Crippen LogP) is 3.42. The number of anilines is 1. The molecular weight excluding hydrogens is 302 g/mol. The molecule has 0 aliphatic carbocycles. The Morgan fingerprint density at radius 3 is 2.82 bits per heavy atom. The number of carbonyl (C=O) groups is 1. The van der Waals surface area contributed by atoms with E-state index in [9.17, 15) is 4.79 Å². The lowest BCUT2D eigenvalue weighted by Gasteiger charge is -2.18. The van der Waals surface area contributed by atoms with Crippen LogP contribution in [0.15, 0.2) is 48.8 Å². The smallest absolute Gasteiger partial charge is 0.322 e. The molecule has 1 atom stereocenters. The summed E-state index contributed by atoms with van der Waals surface area (Å²) in [6, 6.07) is 10.7. The second-order valence-corrected chi connectivity index (χ2v) is 5.47. The van der Waals surface area contributed by atoms with Gasteiger partial charge in [0.1, 0.15) is 11.9 Å². The summed E-state index contributed by atoms with van der Waals surface area (Å²) in [6.45, 7) is 1.21. The van der Waals surface area contributed by atoms with Gasteiger partial charge in [0.05, 0.1) is 17.3 Å². The van der Waals surface area contributed by atoms with Crippen molar-refractivity contribution in [3.8, 4) is 5.75 Å². The first-order valence-corrected chi connectivity index (χ1v) is 7.47. The molecule has 22 heavy (non-hydrogen) atoms. The summed E-state index contributed by atoms with van der Waals surface area (Å²) in [4.78, 5) is 17.9. The number of hydrogen-bond donors (Lipinski definition) is 1.